The van der Waals surface area contributed by atoms with Crippen molar-refractivity contribution in [1.29, 1.82) is 0 Å². The summed E-state index contributed by atoms with van der Waals surface area (Å²) in [6.07, 6.45) is 1.05. The quantitative estimate of drug-likeness (QED) is 0.865. The smallest absolute Gasteiger partial charge is 0.0476 e. The van der Waals surface area contributed by atoms with Gasteiger partial charge in [-0.05, 0) is 47.6 Å². The molecule has 0 radical (unpaired) electrons. The zero-order valence-corrected chi connectivity index (χ0v) is 11.8. The van der Waals surface area contributed by atoms with Gasteiger partial charge < -0.3 is 10.1 Å². The summed E-state index contributed by atoms with van der Waals surface area (Å²) >= 11 is 5.34. The predicted octanol–water partition coefficient (Wildman–Crippen LogP) is 3.59. The Morgan fingerprint density at radius 3 is 2.80 bits per heavy atom. The number of methoxy groups -OCH3 is 1. The van der Waals surface area contributed by atoms with Crippen LogP contribution in [-0.4, -0.2) is 19.8 Å². The number of thiophene rings is 1. The van der Waals surface area contributed by atoms with Crippen LogP contribution in [0.4, 0.5) is 0 Å². The Balaban J connectivity index is 2.42. The van der Waals surface area contributed by atoms with Crippen molar-refractivity contribution in [2.45, 2.75) is 32.4 Å². The number of hydrogen-bond acceptors (Lipinski definition) is 3. The first-order chi connectivity index (χ1) is 7.15. The van der Waals surface area contributed by atoms with Crippen LogP contribution < -0.4 is 5.32 Å². The van der Waals surface area contributed by atoms with Gasteiger partial charge >= 0.3 is 0 Å². The molecule has 0 aliphatic carbocycles. The van der Waals surface area contributed by atoms with Gasteiger partial charge in [-0.15, -0.1) is 11.3 Å². The molecule has 1 rings (SSSR count). The Morgan fingerprint density at radius 2 is 2.27 bits per heavy atom. The molecule has 0 saturated carbocycles. The lowest BCUT2D eigenvalue weighted by Gasteiger charge is -2.19. The molecule has 1 N–H and O–H groups in total. The van der Waals surface area contributed by atoms with Crippen LogP contribution in [0.2, 0.25) is 0 Å². The zero-order chi connectivity index (χ0) is 11.3. The predicted molar refractivity (Wildman–Crippen MR) is 69.5 cm³/mol. The lowest BCUT2D eigenvalue weighted by atomic mass is 10.2. The maximum Gasteiger partial charge on any atom is 0.0476 e. The number of nitrogens with one attached hydrogen (secondary N) is 1. The van der Waals surface area contributed by atoms with Crippen molar-refractivity contribution in [1.82, 2.24) is 5.32 Å². The molecule has 0 amide bonds. The summed E-state index contributed by atoms with van der Waals surface area (Å²) < 4.78 is 6.26. The van der Waals surface area contributed by atoms with E-state index in [1.54, 1.807) is 18.4 Å². The molecule has 0 spiro atoms. The van der Waals surface area contributed by atoms with Gasteiger partial charge in [0.25, 0.3) is 0 Å². The zero-order valence-electron chi connectivity index (χ0n) is 9.42. The summed E-state index contributed by atoms with van der Waals surface area (Å²) in [4.78, 5) is 1.36. The average molecular weight is 292 g/mol. The summed E-state index contributed by atoms with van der Waals surface area (Å²) in [7, 11) is 1.74. The third-order valence-electron chi connectivity index (χ3n) is 2.33. The minimum absolute atomic E-state index is 0.395. The first-order valence-electron chi connectivity index (χ1n) is 5.13. The van der Waals surface area contributed by atoms with Crippen molar-refractivity contribution < 1.29 is 4.74 Å². The Kier molecular flexibility index (Phi) is 5.82. The molecule has 0 aliphatic rings. The molecule has 4 heteroatoms. The highest BCUT2D eigenvalue weighted by Gasteiger charge is 2.12. The van der Waals surface area contributed by atoms with Crippen LogP contribution in [0.25, 0.3) is 0 Å². The SMILES string of the molecule is COCCC(C)NC(C)c1sccc1Br. The van der Waals surface area contributed by atoms with Gasteiger partial charge in [-0.2, -0.15) is 0 Å². The van der Waals surface area contributed by atoms with Crippen LogP contribution >= 0.6 is 27.3 Å². The number of hydrogen-bond donors (Lipinski definition) is 1. The number of rotatable bonds is 6. The van der Waals surface area contributed by atoms with Gasteiger partial charge in [0.15, 0.2) is 0 Å². The molecule has 1 aromatic heterocycles. The van der Waals surface area contributed by atoms with E-state index in [-0.39, 0.29) is 0 Å². The molecule has 15 heavy (non-hydrogen) atoms. The molecule has 2 nitrogen and oxygen atoms in total. The van der Waals surface area contributed by atoms with Crippen LogP contribution in [-0.2, 0) is 4.74 Å². The summed E-state index contributed by atoms with van der Waals surface area (Å²) in [5.41, 5.74) is 0. The third-order valence-corrected chi connectivity index (χ3v) is 4.38. The monoisotopic (exact) mass is 291 g/mol. The summed E-state index contributed by atoms with van der Waals surface area (Å²) in [5, 5.41) is 5.67. The highest BCUT2D eigenvalue weighted by molar-refractivity contribution is 9.10. The molecule has 0 fully saturated rings. The van der Waals surface area contributed by atoms with E-state index >= 15 is 0 Å². The van der Waals surface area contributed by atoms with Crippen molar-refractivity contribution >= 4 is 27.3 Å². The summed E-state index contributed by atoms with van der Waals surface area (Å²) in [5.74, 6) is 0. The molecular weight excluding hydrogens is 274 g/mol. The number of ether oxygens (including phenoxy) is 1. The van der Waals surface area contributed by atoms with Crippen molar-refractivity contribution in [3.63, 3.8) is 0 Å². The van der Waals surface area contributed by atoms with Gasteiger partial charge in [-0.3, -0.25) is 0 Å². The van der Waals surface area contributed by atoms with Gasteiger partial charge in [0, 0.05) is 35.2 Å². The molecule has 0 aromatic carbocycles. The maximum absolute atomic E-state index is 5.06. The van der Waals surface area contributed by atoms with Crippen molar-refractivity contribution in [2.24, 2.45) is 0 Å². The second-order valence-electron chi connectivity index (χ2n) is 3.70. The molecule has 0 aliphatic heterocycles. The summed E-state index contributed by atoms with van der Waals surface area (Å²) in [6.45, 7) is 5.20. The lowest BCUT2D eigenvalue weighted by molar-refractivity contribution is 0.183. The van der Waals surface area contributed by atoms with Crippen LogP contribution in [0, 0.1) is 0 Å². The van der Waals surface area contributed by atoms with E-state index < -0.39 is 0 Å². The molecule has 0 saturated heterocycles. The standard InChI is InChI=1S/C11H18BrNOS/c1-8(4-6-14-3)13-9(2)11-10(12)5-7-15-11/h5,7-9,13H,4,6H2,1-3H3. The molecule has 2 unspecified atom stereocenters. The van der Waals surface area contributed by atoms with E-state index in [1.165, 1.54) is 9.35 Å². The Morgan fingerprint density at radius 1 is 1.53 bits per heavy atom. The first-order valence-corrected chi connectivity index (χ1v) is 6.80. The van der Waals surface area contributed by atoms with Crippen LogP contribution in [0.5, 0.6) is 0 Å². The van der Waals surface area contributed by atoms with Crippen molar-refractivity contribution in [3.8, 4) is 0 Å². The average Bonchev–Trinajstić information content (AvgIpc) is 2.61. The highest BCUT2D eigenvalue weighted by atomic mass is 79.9. The normalized spacial score (nSPS) is 15.2. The van der Waals surface area contributed by atoms with Gasteiger partial charge in [-0.25, -0.2) is 0 Å². The fourth-order valence-corrected chi connectivity index (χ4v) is 3.23. The second kappa shape index (κ2) is 6.63. The topological polar surface area (TPSA) is 21.3 Å². The summed E-state index contributed by atoms with van der Waals surface area (Å²) in [6, 6.07) is 2.97. The van der Waals surface area contributed by atoms with Crippen molar-refractivity contribution in [3.05, 3.63) is 20.8 Å². The van der Waals surface area contributed by atoms with E-state index in [2.05, 4.69) is 46.5 Å². The van der Waals surface area contributed by atoms with Crippen LogP contribution in [0.1, 0.15) is 31.2 Å². The molecule has 86 valence electrons. The Hall–Kier alpha value is 0.100. The highest BCUT2D eigenvalue weighted by Crippen LogP contribution is 2.28. The molecule has 1 heterocycles. The van der Waals surface area contributed by atoms with E-state index in [9.17, 15) is 0 Å². The second-order valence-corrected chi connectivity index (χ2v) is 5.51. The maximum atomic E-state index is 5.06. The van der Waals surface area contributed by atoms with E-state index in [0.29, 0.717) is 12.1 Å². The van der Waals surface area contributed by atoms with E-state index in [1.807, 2.05) is 0 Å². The van der Waals surface area contributed by atoms with Crippen molar-refractivity contribution in [2.75, 3.05) is 13.7 Å². The number of halogens is 1. The Bertz CT molecular complexity index is 290. The van der Waals surface area contributed by atoms with E-state index in [4.69, 9.17) is 4.74 Å². The van der Waals surface area contributed by atoms with Gasteiger partial charge in [-0.1, -0.05) is 0 Å². The molecular formula is C11H18BrNOS. The fourth-order valence-electron chi connectivity index (χ4n) is 1.49. The minimum atomic E-state index is 0.395. The van der Waals surface area contributed by atoms with Crippen LogP contribution in [0.3, 0.4) is 0 Å². The molecule has 2 atom stereocenters. The fraction of sp³-hybridized carbons (Fsp3) is 0.636. The van der Waals surface area contributed by atoms with Gasteiger partial charge in [0.1, 0.15) is 0 Å². The first kappa shape index (κ1) is 13.2. The van der Waals surface area contributed by atoms with Crippen LogP contribution in [0.15, 0.2) is 15.9 Å². The Labute approximate surface area is 104 Å². The third kappa shape index (κ3) is 4.23. The van der Waals surface area contributed by atoms with Gasteiger partial charge in [0.2, 0.25) is 0 Å². The molecule has 0 bridgehead atoms. The lowest BCUT2D eigenvalue weighted by Crippen LogP contribution is -2.29. The minimum Gasteiger partial charge on any atom is -0.385 e. The largest absolute Gasteiger partial charge is 0.385 e. The van der Waals surface area contributed by atoms with Gasteiger partial charge in [0.05, 0.1) is 0 Å². The molecule has 1 aromatic rings. The van der Waals surface area contributed by atoms with E-state index in [0.717, 1.165) is 13.0 Å².